The first-order valence-corrected chi connectivity index (χ1v) is 7.57. The van der Waals surface area contributed by atoms with Gasteiger partial charge in [0.05, 0.1) is 12.2 Å². The lowest BCUT2D eigenvalue weighted by atomic mass is 10.1. The quantitative estimate of drug-likeness (QED) is 0.658. The highest BCUT2D eigenvalue weighted by Gasteiger charge is 2.10. The van der Waals surface area contributed by atoms with Crippen molar-refractivity contribution in [2.24, 2.45) is 10.9 Å². The molecule has 22 heavy (non-hydrogen) atoms. The molecule has 1 unspecified atom stereocenters. The zero-order chi connectivity index (χ0) is 15.9. The van der Waals surface area contributed by atoms with Crippen LogP contribution in [0.2, 0.25) is 0 Å². The second kappa shape index (κ2) is 7.64. The number of hydrogen-bond acceptors (Lipinski definition) is 3. The number of hydrogen-bond donors (Lipinski definition) is 2. The molecule has 1 aromatic heterocycles. The van der Waals surface area contributed by atoms with E-state index in [-0.39, 0.29) is 0 Å². The summed E-state index contributed by atoms with van der Waals surface area (Å²) in [7, 11) is 1.76. The average molecular weight is 300 g/mol. The molecule has 0 spiro atoms. The fraction of sp³-hybridized carbons (Fsp3) is 0.412. The highest BCUT2D eigenvalue weighted by atomic mass is 16.3. The van der Waals surface area contributed by atoms with E-state index in [4.69, 9.17) is 4.42 Å². The van der Waals surface area contributed by atoms with Crippen molar-refractivity contribution in [2.45, 2.75) is 33.4 Å². The number of rotatable bonds is 5. The summed E-state index contributed by atoms with van der Waals surface area (Å²) in [6, 6.07) is 10.2. The number of nitrogens with zero attached hydrogens (tertiary/aromatic N) is 2. The number of oxazole rings is 1. The molecule has 0 bridgehead atoms. The summed E-state index contributed by atoms with van der Waals surface area (Å²) in [5, 5.41) is 6.61. The van der Waals surface area contributed by atoms with E-state index < -0.39 is 0 Å². The molecule has 5 nitrogen and oxygen atoms in total. The minimum atomic E-state index is 0.350. The van der Waals surface area contributed by atoms with Gasteiger partial charge in [0.2, 0.25) is 5.89 Å². The Bertz CT molecular complexity index is 604. The molecule has 1 heterocycles. The van der Waals surface area contributed by atoms with E-state index in [0.29, 0.717) is 24.4 Å². The van der Waals surface area contributed by atoms with Crippen LogP contribution in [-0.4, -0.2) is 24.0 Å². The summed E-state index contributed by atoms with van der Waals surface area (Å²) >= 11 is 0. The van der Waals surface area contributed by atoms with Crippen LogP contribution in [0.3, 0.4) is 0 Å². The van der Waals surface area contributed by atoms with Crippen molar-refractivity contribution in [1.82, 2.24) is 15.6 Å². The summed E-state index contributed by atoms with van der Waals surface area (Å²) in [5.41, 5.74) is 1.82. The molecule has 118 valence electrons. The Morgan fingerprint density at radius 3 is 2.59 bits per heavy atom. The van der Waals surface area contributed by atoms with Crippen LogP contribution >= 0.6 is 0 Å². The van der Waals surface area contributed by atoms with Crippen LogP contribution in [0.5, 0.6) is 0 Å². The molecule has 0 fully saturated rings. The van der Waals surface area contributed by atoms with Gasteiger partial charge in [-0.3, -0.25) is 4.99 Å². The molecular formula is C17H24N4O. The van der Waals surface area contributed by atoms with Crippen molar-refractivity contribution >= 4 is 5.96 Å². The summed E-state index contributed by atoms with van der Waals surface area (Å²) in [6.45, 7) is 7.06. The topological polar surface area (TPSA) is 62.5 Å². The van der Waals surface area contributed by atoms with Gasteiger partial charge in [-0.1, -0.05) is 32.0 Å². The fourth-order valence-electron chi connectivity index (χ4n) is 1.85. The molecule has 1 atom stereocenters. The summed E-state index contributed by atoms with van der Waals surface area (Å²) in [4.78, 5) is 8.72. The van der Waals surface area contributed by atoms with Gasteiger partial charge in [-0.05, 0) is 25.0 Å². The molecule has 2 aromatic rings. The lowest BCUT2D eigenvalue weighted by Crippen LogP contribution is -2.43. The third kappa shape index (κ3) is 4.35. The normalized spacial score (nSPS) is 13.2. The molecule has 2 rings (SSSR count). The van der Waals surface area contributed by atoms with Crippen molar-refractivity contribution in [3.8, 4) is 11.5 Å². The van der Waals surface area contributed by atoms with Crippen LogP contribution in [0.25, 0.3) is 11.5 Å². The molecule has 0 aliphatic heterocycles. The van der Waals surface area contributed by atoms with Gasteiger partial charge in [-0.25, -0.2) is 4.98 Å². The number of aliphatic imine (C=N–C) groups is 1. The Kier molecular flexibility index (Phi) is 5.58. The zero-order valence-corrected chi connectivity index (χ0v) is 13.6. The standard InChI is InChI=1S/C17H24N4O/c1-12(2)13(3)20-17(18-4)19-10-15-11-22-16(21-15)14-8-6-5-7-9-14/h5-9,11-13H,10H2,1-4H3,(H2,18,19,20). The lowest BCUT2D eigenvalue weighted by molar-refractivity contribution is 0.480. The summed E-state index contributed by atoms with van der Waals surface area (Å²) < 4.78 is 5.52. The van der Waals surface area contributed by atoms with Gasteiger partial charge in [0, 0.05) is 18.7 Å². The second-order valence-corrected chi connectivity index (χ2v) is 5.61. The molecule has 2 N–H and O–H groups in total. The Morgan fingerprint density at radius 2 is 1.95 bits per heavy atom. The second-order valence-electron chi connectivity index (χ2n) is 5.61. The van der Waals surface area contributed by atoms with E-state index in [2.05, 4.69) is 41.4 Å². The van der Waals surface area contributed by atoms with Gasteiger partial charge in [0.1, 0.15) is 6.26 Å². The minimum absolute atomic E-state index is 0.350. The highest BCUT2D eigenvalue weighted by molar-refractivity contribution is 5.79. The first-order valence-electron chi connectivity index (χ1n) is 7.57. The van der Waals surface area contributed by atoms with Gasteiger partial charge in [-0.15, -0.1) is 0 Å². The van der Waals surface area contributed by atoms with Crippen LogP contribution in [0.15, 0.2) is 46.0 Å². The largest absolute Gasteiger partial charge is 0.444 e. The molecule has 0 aliphatic rings. The Hall–Kier alpha value is -2.30. The van der Waals surface area contributed by atoms with Gasteiger partial charge < -0.3 is 15.1 Å². The molecule has 0 aliphatic carbocycles. The third-order valence-corrected chi connectivity index (χ3v) is 3.60. The molecule has 0 saturated heterocycles. The Balaban J connectivity index is 1.93. The van der Waals surface area contributed by atoms with E-state index in [0.717, 1.165) is 17.2 Å². The summed E-state index contributed by atoms with van der Waals surface area (Å²) in [6.07, 6.45) is 1.68. The first kappa shape index (κ1) is 16.1. The van der Waals surface area contributed by atoms with E-state index in [9.17, 15) is 0 Å². The molecule has 5 heteroatoms. The molecule has 1 aromatic carbocycles. The number of benzene rings is 1. The van der Waals surface area contributed by atoms with E-state index in [1.807, 2.05) is 30.3 Å². The molecule has 0 amide bonds. The maximum Gasteiger partial charge on any atom is 0.226 e. The van der Waals surface area contributed by atoms with Crippen LogP contribution < -0.4 is 10.6 Å². The maximum absolute atomic E-state index is 5.52. The van der Waals surface area contributed by atoms with Crippen molar-refractivity contribution in [1.29, 1.82) is 0 Å². The number of guanidine groups is 1. The monoisotopic (exact) mass is 300 g/mol. The predicted molar refractivity (Wildman–Crippen MR) is 89.6 cm³/mol. The van der Waals surface area contributed by atoms with Gasteiger partial charge in [-0.2, -0.15) is 0 Å². The Morgan fingerprint density at radius 1 is 1.23 bits per heavy atom. The van der Waals surface area contributed by atoms with Crippen molar-refractivity contribution in [3.05, 3.63) is 42.3 Å². The smallest absolute Gasteiger partial charge is 0.226 e. The van der Waals surface area contributed by atoms with E-state index >= 15 is 0 Å². The fourth-order valence-corrected chi connectivity index (χ4v) is 1.85. The van der Waals surface area contributed by atoms with Crippen LogP contribution in [0.4, 0.5) is 0 Å². The predicted octanol–water partition coefficient (Wildman–Crippen LogP) is 3.05. The molecule has 0 radical (unpaired) electrons. The first-order chi connectivity index (χ1) is 10.6. The third-order valence-electron chi connectivity index (χ3n) is 3.60. The van der Waals surface area contributed by atoms with Gasteiger partial charge in [0.25, 0.3) is 0 Å². The highest BCUT2D eigenvalue weighted by Crippen LogP contribution is 2.17. The van der Waals surface area contributed by atoms with Gasteiger partial charge >= 0.3 is 0 Å². The number of nitrogens with one attached hydrogen (secondary N) is 2. The van der Waals surface area contributed by atoms with E-state index in [1.165, 1.54) is 0 Å². The van der Waals surface area contributed by atoms with E-state index in [1.54, 1.807) is 13.3 Å². The SMILES string of the molecule is CN=C(NCc1coc(-c2ccccc2)n1)NC(C)C(C)C. The van der Waals surface area contributed by atoms with Crippen LogP contribution in [0.1, 0.15) is 26.5 Å². The summed E-state index contributed by atoms with van der Waals surface area (Å²) in [5.74, 6) is 1.94. The molecule has 0 saturated carbocycles. The van der Waals surface area contributed by atoms with Crippen molar-refractivity contribution in [3.63, 3.8) is 0 Å². The molecular weight excluding hydrogens is 276 g/mol. The van der Waals surface area contributed by atoms with Crippen molar-refractivity contribution < 1.29 is 4.42 Å². The Labute approximate surface area is 131 Å². The minimum Gasteiger partial charge on any atom is -0.444 e. The average Bonchev–Trinajstić information content (AvgIpc) is 3.00. The lowest BCUT2D eigenvalue weighted by Gasteiger charge is -2.20. The van der Waals surface area contributed by atoms with Gasteiger partial charge in [0.15, 0.2) is 5.96 Å². The number of aromatic nitrogens is 1. The maximum atomic E-state index is 5.52. The zero-order valence-electron chi connectivity index (χ0n) is 13.6. The van der Waals surface area contributed by atoms with Crippen LogP contribution in [0, 0.1) is 5.92 Å². The van der Waals surface area contributed by atoms with Crippen molar-refractivity contribution in [2.75, 3.05) is 7.05 Å². The van der Waals surface area contributed by atoms with Crippen LogP contribution in [-0.2, 0) is 6.54 Å².